The van der Waals surface area contributed by atoms with Crippen LogP contribution in [0.3, 0.4) is 0 Å². The highest BCUT2D eigenvalue weighted by molar-refractivity contribution is 7.13. The lowest BCUT2D eigenvalue weighted by Crippen LogP contribution is -2.30. The number of methoxy groups -OCH3 is 2. The van der Waals surface area contributed by atoms with E-state index in [1.807, 2.05) is 48.2 Å². The zero-order valence-electron chi connectivity index (χ0n) is 17.6. The molecule has 0 bridgehead atoms. The lowest BCUT2D eigenvalue weighted by atomic mass is 10.0. The van der Waals surface area contributed by atoms with Crippen LogP contribution < -0.4 is 9.47 Å². The number of rotatable bonds is 6. The molecular weight excluding hydrogens is 396 g/mol. The number of hydrogen-bond acceptors (Lipinski definition) is 5. The molecule has 0 radical (unpaired) electrons. The molecule has 0 unspecified atom stereocenters. The molecule has 1 atom stereocenters. The monoisotopic (exact) mass is 422 g/mol. The Morgan fingerprint density at radius 2 is 1.90 bits per heavy atom. The number of likely N-dealkylation sites (tertiary alicyclic amines) is 1. The fourth-order valence-electron chi connectivity index (χ4n) is 4.04. The van der Waals surface area contributed by atoms with E-state index in [1.54, 1.807) is 14.2 Å². The van der Waals surface area contributed by atoms with E-state index < -0.39 is 0 Å². The number of carbonyl (C=O) groups excluding carboxylic acids is 1. The summed E-state index contributed by atoms with van der Waals surface area (Å²) in [5, 5.41) is 0.976. The number of amides is 1. The molecule has 6 heteroatoms. The van der Waals surface area contributed by atoms with Gasteiger partial charge < -0.3 is 14.4 Å². The minimum Gasteiger partial charge on any atom is -0.493 e. The fourth-order valence-corrected chi connectivity index (χ4v) is 5.10. The Bertz CT molecular complexity index is 1030. The molecule has 156 valence electrons. The highest BCUT2D eigenvalue weighted by Gasteiger charge is 2.33. The van der Waals surface area contributed by atoms with E-state index in [9.17, 15) is 4.79 Å². The highest BCUT2D eigenvalue weighted by atomic mass is 32.1. The Labute approximate surface area is 181 Å². The first-order valence-corrected chi connectivity index (χ1v) is 11.0. The van der Waals surface area contributed by atoms with Crippen molar-refractivity contribution in [3.8, 4) is 11.5 Å². The van der Waals surface area contributed by atoms with Crippen molar-refractivity contribution in [1.29, 1.82) is 0 Å². The summed E-state index contributed by atoms with van der Waals surface area (Å²) >= 11 is 1.51. The van der Waals surface area contributed by atoms with Crippen LogP contribution in [0.1, 0.15) is 50.4 Å². The average Bonchev–Trinajstić information content (AvgIpc) is 3.40. The van der Waals surface area contributed by atoms with Gasteiger partial charge in [-0.25, -0.2) is 4.98 Å². The molecule has 0 saturated carbocycles. The zero-order valence-corrected chi connectivity index (χ0v) is 18.4. The van der Waals surface area contributed by atoms with Crippen LogP contribution in [-0.2, 0) is 6.42 Å². The van der Waals surface area contributed by atoms with Gasteiger partial charge in [0, 0.05) is 13.0 Å². The Morgan fingerprint density at radius 3 is 2.63 bits per heavy atom. The van der Waals surface area contributed by atoms with Crippen LogP contribution in [0.15, 0.2) is 48.5 Å². The molecule has 5 nitrogen and oxygen atoms in total. The molecule has 0 spiro atoms. The van der Waals surface area contributed by atoms with E-state index in [0.29, 0.717) is 11.5 Å². The van der Waals surface area contributed by atoms with Gasteiger partial charge in [0.25, 0.3) is 5.91 Å². The summed E-state index contributed by atoms with van der Waals surface area (Å²) in [7, 11) is 3.26. The van der Waals surface area contributed by atoms with E-state index in [0.717, 1.165) is 46.9 Å². The van der Waals surface area contributed by atoms with Gasteiger partial charge in [-0.15, -0.1) is 11.3 Å². The molecule has 2 heterocycles. The maximum absolute atomic E-state index is 13.4. The van der Waals surface area contributed by atoms with Gasteiger partial charge in [-0.05, 0) is 43.0 Å². The van der Waals surface area contributed by atoms with Crippen molar-refractivity contribution in [3.05, 3.63) is 75.2 Å². The van der Waals surface area contributed by atoms with Crippen molar-refractivity contribution in [2.24, 2.45) is 0 Å². The molecule has 1 aliphatic heterocycles. The van der Waals surface area contributed by atoms with Crippen molar-refractivity contribution in [2.45, 2.75) is 32.2 Å². The number of aryl methyl sites for hydroxylation is 1. The third-order valence-corrected chi connectivity index (χ3v) is 6.68. The average molecular weight is 423 g/mol. The first-order valence-electron chi connectivity index (χ1n) is 10.1. The molecule has 2 aromatic carbocycles. The maximum atomic E-state index is 13.4. The number of hydrogen-bond donors (Lipinski definition) is 0. The molecule has 0 N–H and O–H groups in total. The van der Waals surface area contributed by atoms with Gasteiger partial charge in [0.1, 0.15) is 4.88 Å². The second kappa shape index (κ2) is 8.88. The number of nitrogens with zero attached hydrogens (tertiary/aromatic N) is 2. The Morgan fingerprint density at radius 1 is 1.13 bits per heavy atom. The Hall–Kier alpha value is -2.86. The van der Waals surface area contributed by atoms with E-state index in [2.05, 4.69) is 17.1 Å². The molecule has 30 heavy (non-hydrogen) atoms. The first-order chi connectivity index (χ1) is 14.6. The lowest BCUT2D eigenvalue weighted by molar-refractivity contribution is 0.0739. The second-order valence-electron chi connectivity index (χ2n) is 7.46. The third kappa shape index (κ3) is 4.05. The van der Waals surface area contributed by atoms with Crippen LogP contribution in [0, 0.1) is 6.92 Å². The van der Waals surface area contributed by atoms with Crippen molar-refractivity contribution >= 4 is 17.2 Å². The highest BCUT2D eigenvalue weighted by Crippen LogP contribution is 2.38. The second-order valence-corrected chi connectivity index (χ2v) is 8.54. The molecule has 1 saturated heterocycles. The third-order valence-electron chi connectivity index (χ3n) is 5.54. The predicted molar refractivity (Wildman–Crippen MR) is 119 cm³/mol. The predicted octanol–water partition coefficient (Wildman–Crippen LogP) is 5.04. The molecule has 1 amide bonds. The lowest BCUT2D eigenvalue weighted by Gasteiger charge is -2.25. The summed E-state index contributed by atoms with van der Waals surface area (Å²) in [6.45, 7) is 2.68. The van der Waals surface area contributed by atoms with Crippen LogP contribution in [-0.4, -0.2) is 36.6 Å². The molecule has 1 aliphatic rings. The number of aromatic nitrogens is 1. The number of benzene rings is 2. The molecule has 3 aromatic rings. The molecule has 1 fully saturated rings. The van der Waals surface area contributed by atoms with Crippen LogP contribution in [0.5, 0.6) is 11.5 Å². The van der Waals surface area contributed by atoms with Crippen molar-refractivity contribution in [1.82, 2.24) is 9.88 Å². The van der Waals surface area contributed by atoms with E-state index in [4.69, 9.17) is 9.47 Å². The molecule has 4 rings (SSSR count). The summed E-state index contributed by atoms with van der Waals surface area (Å²) < 4.78 is 10.8. The standard InChI is InChI=1S/C24H26N2O3S/c1-16-23(30-22(25-16)14-17-8-5-4-6-9-17)24(27)26-13-7-10-19(26)18-11-12-20(28-2)21(15-18)29-3/h4-6,8-9,11-12,15,19H,7,10,13-14H2,1-3H3/t19-/m1/s1. The van der Waals surface area contributed by atoms with Gasteiger partial charge in [0.2, 0.25) is 0 Å². The van der Waals surface area contributed by atoms with Crippen molar-refractivity contribution in [3.63, 3.8) is 0 Å². The molecule has 0 aliphatic carbocycles. The zero-order chi connectivity index (χ0) is 21.1. The van der Waals surface area contributed by atoms with Crippen LogP contribution >= 0.6 is 11.3 Å². The summed E-state index contributed by atoms with van der Waals surface area (Å²) in [6.07, 6.45) is 2.67. The smallest absolute Gasteiger partial charge is 0.266 e. The summed E-state index contributed by atoms with van der Waals surface area (Å²) in [6, 6.07) is 16.2. The molecule has 1 aromatic heterocycles. The largest absolute Gasteiger partial charge is 0.493 e. The van der Waals surface area contributed by atoms with E-state index >= 15 is 0 Å². The quantitative estimate of drug-likeness (QED) is 0.559. The molecular formula is C24H26N2O3S. The first kappa shape index (κ1) is 20.4. The van der Waals surface area contributed by atoms with E-state index in [-0.39, 0.29) is 11.9 Å². The topological polar surface area (TPSA) is 51.7 Å². The minimum atomic E-state index is 0.0383. The minimum absolute atomic E-state index is 0.0383. The van der Waals surface area contributed by atoms with E-state index in [1.165, 1.54) is 16.9 Å². The SMILES string of the molecule is COc1ccc([C@H]2CCCN2C(=O)c2sc(Cc3ccccc3)nc2C)cc1OC. The fraction of sp³-hybridized carbons (Fsp3) is 0.333. The van der Waals surface area contributed by atoms with Gasteiger partial charge in [0.15, 0.2) is 11.5 Å². The van der Waals surface area contributed by atoms with Gasteiger partial charge in [-0.2, -0.15) is 0 Å². The normalized spacial score (nSPS) is 16.0. The summed E-state index contributed by atoms with van der Waals surface area (Å²) in [4.78, 5) is 20.8. The Kier molecular flexibility index (Phi) is 6.04. The van der Waals surface area contributed by atoms with Gasteiger partial charge in [-0.3, -0.25) is 4.79 Å². The number of carbonyl (C=O) groups is 1. The number of ether oxygens (including phenoxy) is 2. The summed E-state index contributed by atoms with van der Waals surface area (Å²) in [5.74, 6) is 1.45. The van der Waals surface area contributed by atoms with Crippen LogP contribution in [0.25, 0.3) is 0 Å². The summed E-state index contributed by atoms with van der Waals surface area (Å²) in [5.41, 5.74) is 3.09. The van der Waals surface area contributed by atoms with Gasteiger partial charge in [0.05, 0.1) is 31.0 Å². The van der Waals surface area contributed by atoms with Gasteiger partial charge in [-0.1, -0.05) is 36.4 Å². The van der Waals surface area contributed by atoms with Gasteiger partial charge >= 0.3 is 0 Å². The Balaban J connectivity index is 1.57. The van der Waals surface area contributed by atoms with Crippen molar-refractivity contribution < 1.29 is 14.3 Å². The van der Waals surface area contributed by atoms with Crippen LogP contribution in [0.2, 0.25) is 0 Å². The van der Waals surface area contributed by atoms with Crippen LogP contribution in [0.4, 0.5) is 0 Å². The maximum Gasteiger partial charge on any atom is 0.266 e. The van der Waals surface area contributed by atoms with Crippen molar-refractivity contribution in [2.75, 3.05) is 20.8 Å². The number of thiazole rings is 1.